The monoisotopic (exact) mass is 404 g/mol. The number of hydrogen-bond donors (Lipinski definition) is 1. The van der Waals surface area contributed by atoms with Crippen molar-refractivity contribution in [2.75, 3.05) is 73.3 Å². The van der Waals surface area contributed by atoms with E-state index in [2.05, 4.69) is 41.2 Å². The third-order valence-electron chi connectivity index (χ3n) is 5.65. The predicted octanol–water partition coefficient (Wildman–Crippen LogP) is 2.00. The zero-order chi connectivity index (χ0) is 20.5. The molecule has 2 heterocycles. The Morgan fingerprint density at radius 2 is 2.00 bits per heavy atom. The first kappa shape index (κ1) is 21.9. The Hall–Kier alpha value is -1.83. The molecule has 0 saturated carbocycles. The number of hydrogen-bond acceptors (Lipinski definition) is 5. The van der Waals surface area contributed by atoms with Crippen LogP contribution >= 0.6 is 0 Å². The molecule has 0 radical (unpaired) electrons. The van der Waals surface area contributed by atoms with Gasteiger partial charge in [-0.05, 0) is 31.0 Å². The van der Waals surface area contributed by atoms with E-state index in [-0.39, 0.29) is 6.04 Å². The van der Waals surface area contributed by atoms with Gasteiger partial charge in [-0.25, -0.2) is 0 Å². The van der Waals surface area contributed by atoms with E-state index in [9.17, 15) is 0 Å². The summed E-state index contributed by atoms with van der Waals surface area (Å²) >= 11 is 0. The van der Waals surface area contributed by atoms with Gasteiger partial charge in [-0.2, -0.15) is 0 Å². The Balaban J connectivity index is 1.73. The minimum Gasteiger partial charge on any atom is -0.497 e. The Bertz CT molecular complexity index is 625. The third-order valence-corrected chi connectivity index (χ3v) is 5.65. The highest BCUT2D eigenvalue weighted by Gasteiger charge is 2.24. The van der Waals surface area contributed by atoms with Gasteiger partial charge in [-0.3, -0.25) is 9.89 Å². The van der Waals surface area contributed by atoms with Crippen molar-refractivity contribution in [3.05, 3.63) is 29.8 Å². The second kappa shape index (κ2) is 11.4. The molecule has 7 nitrogen and oxygen atoms in total. The molecule has 3 rings (SSSR count). The molecule has 0 amide bonds. The summed E-state index contributed by atoms with van der Waals surface area (Å²) in [5.74, 6) is 2.43. The number of aliphatic imine (C=N–C) groups is 1. The summed E-state index contributed by atoms with van der Waals surface area (Å²) in [7, 11) is 3.82. The van der Waals surface area contributed by atoms with Crippen LogP contribution in [-0.2, 0) is 9.47 Å². The Labute approximate surface area is 175 Å². The molecule has 0 aliphatic carbocycles. The molecular formula is C22H36N4O3. The molecule has 0 spiro atoms. The smallest absolute Gasteiger partial charge is 0.193 e. The van der Waals surface area contributed by atoms with Gasteiger partial charge in [0.25, 0.3) is 0 Å². The van der Waals surface area contributed by atoms with Gasteiger partial charge >= 0.3 is 0 Å². The number of nitrogens with zero attached hydrogens (tertiary/aromatic N) is 3. The first-order chi connectivity index (χ1) is 14.2. The lowest BCUT2D eigenvalue weighted by Gasteiger charge is -2.34. The minimum atomic E-state index is 0.224. The Morgan fingerprint density at radius 1 is 1.24 bits per heavy atom. The second-order valence-electron chi connectivity index (χ2n) is 7.74. The molecule has 1 aromatic carbocycles. The zero-order valence-electron chi connectivity index (χ0n) is 18.1. The van der Waals surface area contributed by atoms with Crippen LogP contribution in [0, 0.1) is 5.92 Å². The van der Waals surface area contributed by atoms with Crippen molar-refractivity contribution >= 4 is 5.96 Å². The van der Waals surface area contributed by atoms with E-state index in [0.717, 1.165) is 70.7 Å². The summed E-state index contributed by atoms with van der Waals surface area (Å²) in [6.07, 6.45) is 1.13. The van der Waals surface area contributed by atoms with Crippen LogP contribution in [0.15, 0.2) is 29.3 Å². The Morgan fingerprint density at radius 3 is 2.62 bits per heavy atom. The van der Waals surface area contributed by atoms with Crippen LogP contribution in [0.1, 0.15) is 24.9 Å². The number of benzene rings is 1. The van der Waals surface area contributed by atoms with Gasteiger partial charge in [0.1, 0.15) is 5.75 Å². The van der Waals surface area contributed by atoms with Crippen molar-refractivity contribution in [3.63, 3.8) is 0 Å². The summed E-state index contributed by atoms with van der Waals surface area (Å²) in [6, 6.07) is 8.59. The average Bonchev–Trinajstić information content (AvgIpc) is 3.27. The van der Waals surface area contributed by atoms with Gasteiger partial charge in [-0.15, -0.1) is 0 Å². The normalized spacial score (nSPS) is 21.8. The molecule has 0 aromatic heterocycles. The second-order valence-corrected chi connectivity index (χ2v) is 7.74. The van der Waals surface area contributed by atoms with Crippen LogP contribution in [0.2, 0.25) is 0 Å². The molecule has 2 fully saturated rings. The van der Waals surface area contributed by atoms with Gasteiger partial charge in [0, 0.05) is 45.8 Å². The summed E-state index contributed by atoms with van der Waals surface area (Å²) in [6.45, 7) is 9.79. The molecule has 2 saturated heterocycles. The number of ether oxygens (including phenoxy) is 3. The van der Waals surface area contributed by atoms with E-state index in [1.807, 2.05) is 12.1 Å². The van der Waals surface area contributed by atoms with Gasteiger partial charge in [0.05, 0.1) is 39.5 Å². The first-order valence-electron chi connectivity index (χ1n) is 10.7. The predicted molar refractivity (Wildman–Crippen MR) is 116 cm³/mol. The Kier molecular flexibility index (Phi) is 8.58. The largest absolute Gasteiger partial charge is 0.497 e. The van der Waals surface area contributed by atoms with Crippen molar-refractivity contribution in [2.45, 2.75) is 19.4 Å². The maximum Gasteiger partial charge on any atom is 0.193 e. The van der Waals surface area contributed by atoms with E-state index in [1.54, 1.807) is 7.11 Å². The molecule has 162 valence electrons. The van der Waals surface area contributed by atoms with Crippen LogP contribution in [-0.4, -0.2) is 89.1 Å². The maximum atomic E-state index is 5.57. The number of rotatable bonds is 8. The zero-order valence-corrected chi connectivity index (χ0v) is 18.1. The summed E-state index contributed by atoms with van der Waals surface area (Å²) in [5, 5.41) is 3.46. The fourth-order valence-corrected chi connectivity index (χ4v) is 3.99. The molecular weight excluding hydrogens is 368 g/mol. The maximum absolute atomic E-state index is 5.57. The standard InChI is InChI=1S/C22H36N4O3/c1-4-23-22(25(2)16-18-9-12-29-17-18)24-15-21(26-10-13-28-14-11-26)19-5-7-20(27-3)8-6-19/h5-8,18,21H,4,9-17H2,1-3H3,(H,23,24). The topological polar surface area (TPSA) is 58.6 Å². The summed E-state index contributed by atoms with van der Waals surface area (Å²) in [5.41, 5.74) is 1.26. The molecule has 29 heavy (non-hydrogen) atoms. The lowest BCUT2D eigenvalue weighted by atomic mass is 10.0. The fraction of sp³-hybridized carbons (Fsp3) is 0.682. The van der Waals surface area contributed by atoms with E-state index in [4.69, 9.17) is 19.2 Å². The van der Waals surface area contributed by atoms with Gasteiger partial charge in [0.15, 0.2) is 5.96 Å². The molecule has 1 aromatic rings. The van der Waals surface area contributed by atoms with Crippen LogP contribution < -0.4 is 10.1 Å². The SMILES string of the molecule is CCNC(=NCC(c1ccc(OC)cc1)N1CCOCC1)N(C)CC1CCOC1. The number of morpholine rings is 1. The van der Waals surface area contributed by atoms with Crippen LogP contribution in [0.25, 0.3) is 0 Å². The average molecular weight is 405 g/mol. The molecule has 2 atom stereocenters. The molecule has 2 unspecified atom stereocenters. The van der Waals surface area contributed by atoms with Crippen molar-refractivity contribution in [1.82, 2.24) is 15.1 Å². The van der Waals surface area contributed by atoms with Crippen LogP contribution in [0.3, 0.4) is 0 Å². The van der Waals surface area contributed by atoms with Crippen LogP contribution in [0.5, 0.6) is 5.75 Å². The van der Waals surface area contributed by atoms with Gasteiger partial charge in [-0.1, -0.05) is 12.1 Å². The van der Waals surface area contributed by atoms with Crippen molar-refractivity contribution in [3.8, 4) is 5.75 Å². The highest BCUT2D eigenvalue weighted by molar-refractivity contribution is 5.79. The van der Waals surface area contributed by atoms with E-state index < -0.39 is 0 Å². The third kappa shape index (κ3) is 6.32. The fourth-order valence-electron chi connectivity index (χ4n) is 3.99. The van der Waals surface area contributed by atoms with Gasteiger partial charge in [0.2, 0.25) is 0 Å². The molecule has 2 aliphatic heterocycles. The quantitative estimate of drug-likeness (QED) is 0.528. The van der Waals surface area contributed by atoms with Gasteiger partial charge < -0.3 is 24.4 Å². The lowest BCUT2D eigenvalue weighted by Crippen LogP contribution is -2.43. The summed E-state index contributed by atoms with van der Waals surface area (Å²) in [4.78, 5) is 9.75. The molecule has 0 bridgehead atoms. The summed E-state index contributed by atoms with van der Waals surface area (Å²) < 4.78 is 16.4. The number of methoxy groups -OCH3 is 1. The molecule has 2 aliphatic rings. The highest BCUT2D eigenvalue weighted by Crippen LogP contribution is 2.25. The van der Waals surface area contributed by atoms with Crippen molar-refractivity contribution in [1.29, 1.82) is 0 Å². The number of nitrogens with one attached hydrogen (secondary N) is 1. The first-order valence-corrected chi connectivity index (χ1v) is 10.7. The van der Waals surface area contributed by atoms with E-state index in [1.165, 1.54) is 5.56 Å². The lowest BCUT2D eigenvalue weighted by molar-refractivity contribution is 0.0179. The highest BCUT2D eigenvalue weighted by atomic mass is 16.5. The van der Waals surface area contributed by atoms with Crippen molar-refractivity contribution < 1.29 is 14.2 Å². The van der Waals surface area contributed by atoms with Crippen molar-refractivity contribution in [2.24, 2.45) is 10.9 Å². The molecule has 7 heteroatoms. The molecule has 1 N–H and O–H groups in total. The minimum absolute atomic E-state index is 0.224. The van der Waals surface area contributed by atoms with E-state index in [0.29, 0.717) is 12.5 Å². The van der Waals surface area contributed by atoms with Crippen LogP contribution in [0.4, 0.5) is 0 Å². The van der Waals surface area contributed by atoms with E-state index >= 15 is 0 Å². The number of guanidine groups is 1.